The average molecular weight is 234 g/mol. The van der Waals surface area contributed by atoms with Gasteiger partial charge in [-0.25, -0.2) is 0 Å². The van der Waals surface area contributed by atoms with Crippen molar-refractivity contribution in [1.29, 1.82) is 0 Å². The molecule has 2 N–H and O–H groups in total. The summed E-state index contributed by atoms with van der Waals surface area (Å²) < 4.78 is 16.4. The van der Waals surface area contributed by atoms with Crippen molar-refractivity contribution in [1.82, 2.24) is 0 Å². The normalized spacial score (nSPS) is 45.0. The molecule has 0 aromatic rings. The SMILES string of the molecule is C[Si](C)(C)O[C@H]1[C@@H]2O[C@H]2[C@@H](O)O[C@@H]1CO. The zero-order valence-corrected chi connectivity index (χ0v) is 10.2. The third-order valence-electron chi connectivity index (χ3n) is 2.52. The van der Waals surface area contributed by atoms with E-state index in [0.717, 1.165) is 0 Å². The smallest absolute Gasteiger partial charge is 0.184 e. The van der Waals surface area contributed by atoms with Crippen LogP contribution in [0.4, 0.5) is 0 Å². The minimum absolute atomic E-state index is 0.113. The summed E-state index contributed by atoms with van der Waals surface area (Å²) in [5.74, 6) is 0. The molecule has 0 bridgehead atoms. The molecule has 0 unspecified atom stereocenters. The van der Waals surface area contributed by atoms with Gasteiger partial charge in [-0.3, -0.25) is 0 Å². The van der Waals surface area contributed by atoms with Crippen molar-refractivity contribution >= 4 is 8.32 Å². The molecule has 2 aliphatic heterocycles. The Kier molecular flexibility index (Phi) is 2.91. The second-order valence-electron chi connectivity index (χ2n) is 5.01. The highest BCUT2D eigenvalue weighted by Gasteiger charge is 2.58. The van der Waals surface area contributed by atoms with Crippen molar-refractivity contribution in [3.63, 3.8) is 0 Å². The van der Waals surface area contributed by atoms with Crippen LogP contribution in [-0.2, 0) is 13.9 Å². The van der Waals surface area contributed by atoms with Crippen LogP contribution >= 0.6 is 0 Å². The first kappa shape index (κ1) is 11.5. The highest BCUT2D eigenvalue weighted by Crippen LogP contribution is 2.38. The molecular formula is C9H18O5Si. The zero-order chi connectivity index (χ0) is 11.2. The number of hydrogen-bond donors (Lipinski definition) is 2. The zero-order valence-electron chi connectivity index (χ0n) is 9.21. The molecule has 2 rings (SSSR count). The van der Waals surface area contributed by atoms with Crippen molar-refractivity contribution in [3.8, 4) is 0 Å². The summed E-state index contributed by atoms with van der Waals surface area (Å²) >= 11 is 0. The van der Waals surface area contributed by atoms with Crippen molar-refractivity contribution in [2.75, 3.05) is 6.61 Å². The number of fused-ring (bicyclic) bond motifs is 1. The summed E-state index contributed by atoms with van der Waals surface area (Å²) in [5.41, 5.74) is 0. The minimum Gasteiger partial charge on any atom is -0.409 e. The lowest BCUT2D eigenvalue weighted by atomic mass is 10.1. The molecule has 0 aromatic carbocycles. The molecule has 2 aliphatic rings. The van der Waals surface area contributed by atoms with Gasteiger partial charge >= 0.3 is 0 Å². The maximum absolute atomic E-state index is 9.43. The van der Waals surface area contributed by atoms with E-state index in [1.54, 1.807) is 0 Å². The van der Waals surface area contributed by atoms with E-state index in [2.05, 4.69) is 19.6 Å². The van der Waals surface area contributed by atoms with Crippen LogP contribution in [0.5, 0.6) is 0 Å². The van der Waals surface area contributed by atoms with Crippen LogP contribution in [0.1, 0.15) is 0 Å². The Hall–Kier alpha value is 0.0169. The number of ether oxygens (including phenoxy) is 2. The maximum Gasteiger partial charge on any atom is 0.184 e. The summed E-state index contributed by atoms with van der Waals surface area (Å²) in [6, 6.07) is 0. The van der Waals surface area contributed by atoms with Crippen LogP contribution in [0, 0.1) is 0 Å². The molecule has 2 heterocycles. The third-order valence-corrected chi connectivity index (χ3v) is 3.50. The Morgan fingerprint density at radius 2 is 1.87 bits per heavy atom. The predicted octanol–water partition coefficient (Wildman–Crippen LogP) is -0.317. The van der Waals surface area contributed by atoms with Crippen LogP contribution in [0.15, 0.2) is 0 Å². The number of aliphatic hydroxyl groups is 2. The van der Waals surface area contributed by atoms with Gasteiger partial charge < -0.3 is 24.1 Å². The first-order valence-electron chi connectivity index (χ1n) is 5.20. The monoisotopic (exact) mass is 234 g/mol. The molecule has 0 amide bonds. The lowest BCUT2D eigenvalue weighted by Crippen LogP contribution is -2.51. The summed E-state index contributed by atoms with van der Waals surface area (Å²) in [4.78, 5) is 0. The molecule has 5 atom stereocenters. The fraction of sp³-hybridized carbons (Fsp3) is 1.00. The molecule has 0 spiro atoms. The van der Waals surface area contributed by atoms with Crippen LogP contribution in [-0.4, -0.2) is 55.8 Å². The highest BCUT2D eigenvalue weighted by atomic mass is 28.4. The fourth-order valence-electron chi connectivity index (χ4n) is 1.87. The van der Waals surface area contributed by atoms with Gasteiger partial charge in [-0.15, -0.1) is 0 Å². The van der Waals surface area contributed by atoms with Crippen LogP contribution in [0.25, 0.3) is 0 Å². The van der Waals surface area contributed by atoms with Gasteiger partial charge in [0, 0.05) is 0 Å². The first-order chi connectivity index (χ1) is 6.92. The van der Waals surface area contributed by atoms with Crippen molar-refractivity contribution < 1.29 is 24.1 Å². The molecule has 6 heteroatoms. The maximum atomic E-state index is 9.43. The van der Waals surface area contributed by atoms with Gasteiger partial charge in [-0.05, 0) is 19.6 Å². The van der Waals surface area contributed by atoms with Gasteiger partial charge in [0.15, 0.2) is 14.6 Å². The van der Waals surface area contributed by atoms with Crippen molar-refractivity contribution in [3.05, 3.63) is 0 Å². The van der Waals surface area contributed by atoms with E-state index in [4.69, 9.17) is 19.0 Å². The van der Waals surface area contributed by atoms with E-state index in [0.29, 0.717) is 0 Å². The summed E-state index contributed by atoms with van der Waals surface area (Å²) in [6.45, 7) is 6.07. The highest BCUT2D eigenvalue weighted by molar-refractivity contribution is 6.69. The Morgan fingerprint density at radius 3 is 2.40 bits per heavy atom. The van der Waals surface area contributed by atoms with E-state index in [1.807, 2.05) is 0 Å². The Bertz CT molecular complexity index is 241. The summed E-state index contributed by atoms with van der Waals surface area (Å²) in [5, 5.41) is 18.6. The molecule has 88 valence electrons. The third kappa shape index (κ3) is 2.40. The quantitative estimate of drug-likeness (QED) is 0.517. The van der Waals surface area contributed by atoms with E-state index in [9.17, 15) is 5.11 Å². The molecule has 0 aliphatic carbocycles. The molecule has 5 nitrogen and oxygen atoms in total. The molecule has 15 heavy (non-hydrogen) atoms. The predicted molar refractivity (Wildman–Crippen MR) is 54.8 cm³/mol. The molecule has 0 saturated carbocycles. The molecule has 2 saturated heterocycles. The Labute approximate surface area is 90.1 Å². The molecule has 0 radical (unpaired) electrons. The second-order valence-corrected chi connectivity index (χ2v) is 9.47. The molecule has 2 fully saturated rings. The average Bonchev–Trinajstić information content (AvgIpc) is 2.87. The van der Waals surface area contributed by atoms with Gasteiger partial charge in [0.25, 0.3) is 0 Å². The van der Waals surface area contributed by atoms with Gasteiger partial charge in [0.1, 0.15) is 24.4 Å². The van der Waals surface area contributed by atoms with Crippen LogP contribution < -0.4 is 0 Å². The van der Waals surface area contributed by atoms with Crippen molar-refractivity contribution in [2.24, 2.45) is 0 Å². The number of aliphatic hydroxyl groups excluding tert-OH is 2. The topological polar surface area (TPSA) is 71.5 Å². The van der Waals surface area contributed by atoms with Gasteiger partial charge in [-0.2, -0.15) is 0 Å². The molecule has 0 aromatic heterocycles. The lowest BCUT2D eigenvalue weighted by Gasteiger charge is -2.34. The van der Waals surface area contributed by atoms with E-state index < -0.39 is 20.7 Å². The van der Waals surface area contributed by atoms with E-state index in [1.165, 1.54) is 0 Å². The van der Waals surface area contributed by atoms with Crippen LogP contribution in [0.3, 0.4) is 0 Å². The largest absolute Gasteiger partial charge is 0.409 e. The van der Waals surface area contributed by atoms with E-state index >= 15 is 0 Å². The lowest BCUT2D eigenvalue weighted by molar-refractivity contribution is -0.191. The first-order valence-corrected chi connectivity index (χ1v) is 8.61. The number of hydrogen-bond acceptors (Lipinski definition) is 5. The fourth-order valence-corrected chi connectivity index (χ4v) is 2.98. The van der Waals surface area contributed by atoms with Crippen molar-refractivity contribution in [2.45, 2.75) is 50.3 Å². The summed E-state index contributed by atoms with van der Waals surface area (Å²) in [6.07, 6.45) is -2.02. The molecular weight excluding hydrogens is 216 g/mol. The Morgan fingerprint density at radius 1 is 1.20 bits per heavy atom. The number of rotatable bonds is 3. The van der Waals surface area contributed by atoms with E-state index in [-0.39, 0.29) is 24.9 Å². The number of epoxide rings is 1. The van der Waals surface area contributed by atoms with Crippen LogP contribution in [0.2, 0.25) is 19.6 Å². The van der Waals surface area contributed by atoms with Gasteiger partial charge in [-0.1, -0.05) is 0 Å². The second kappa shape index (κ2) is 3.79. The minimum atomic E-state index is -1.69. The standard InChI is InChI=1S/C9H18O5Si/c1-15(2,3)14-6-5(4-10)12-9(11)8-7(6)13-8/h5-11H,4H2,1-3H3/t5-,6-,7+,8-,9+/m1/s1. The summed E-state index contributed by atoms with van der Waals surface area (Å²) in [7, 11) is -1.69. The van der Waals surface area contributed by atoms with Gasteiger partial charge in [0.05, 0.1) is 6.61 Å². The van der Waals surface area contributed by atoms with Gasteiger partial charge in [0.2, 0.25) is 0 Å². The Balaban J connectivity index is 2.03.